The molecule has 0 saturated carbocycles. The summed E-state index contributed by atoms with van der Waals surface area (Å²) in [6.07, 6.45) is 0. The molecule has 2 nitrogen and oxygen atoms in total. The van der Waals surface area contributed by atoms with Crippen LogP contribution in [0.4, 0.5) is 0 Å². The molecule has 0 N–H and O–H groups in total. The molecular weight excluding hydrogens is 158 g/mol. The van der Waals surface area contributed by atoms with Crippen LogP contribution in [0, 0.1) is 0 Å². The number of Topliss-reactive ketones (excluding diaryl/α,β-unsaturated/α-hetero) is 1. The first-order valence-corrected chi connectivity index (χ1v) is 4.64. The van der Waals surface area contributed by atoms with Crippen molar-refractivity contribution in [3.05, 3.63) is 10.6 Å². The molecule has 62 valence electrons. The topological polar surface area (TPSA) is 20.3 Å². The van der Waals surface area contributed by atoms with Crippen molar-refractivity contribution in [2.75, 3.05) is 12.4 Å². The quantitative estimate of drug-likeness (QED) is 0.632. The Morgan fingerprint density at radius 3 is 2.64 bits per heavy atom. The molecule has 0 spiro atoms. The molecule has 0 amide bonds. The number of hydrogen-bond acceptors (Lipinski definition) is 3. The highest BCUT2D eigenvalue weighted by Crippen LogP contribution is 2.30. The minimum atomic E-state index is 0.236. The Hall–Kier alpha value is -0.440. The first kappa shape index (κ1) is 8.65. The Bertz CT molecular complexity index is 210. The van der Waals surface area contributed by atoms with E-state index in [4.69, 9.17) is 0 Å². The van der Waals surface area contributed by atoms with Crippen LogP contribution in [-0.4, -0.2) is 23.1 Å². The molecule has 11 heavy (non-hydrogen) atoms. The van der Waals surface area contributed by atoms with E-state index in [1.807, 2.05) is 11.8 Å². The highest BCUT2D eigenvalue weighted by molar-refractivity contribution is 8.03. The molecule has 0 unspecified atom stereocenters. The van der Waals surface area contributed by atoms with Crippen LogP contribution in [0.15, 0.2) is 10.6 Å². The summed E-state index contributed by atoms with van der Waals surface area (Å²) >= 11 is 1.81. The molecule has 0 radical (unpaired) electrons. The third-order valence-electron chi connectivity index (χ3n) is 1.83. The van der Waals surface area contributed by atoms with E-state index < -0.39 is 0 Å². The molecule has 0 bridgehead atoms. The predicted octanol–water partition coefficient (Wildman–Crippen LogP) is 1.83. The van der Waals surface area contributed by atoms with E-state index in [1.54, 1.807) is 6.92 Å². The maximum atomic E-state index is 10.8. The highest BCUT2D eigenvalue weighted by atomic mass is 32.2. The van der Waals surface area contributed by atoms with E-state index in [9.17, 15) is 4.79 Å². The van der Waals surface area contributed by atoms with Gasteiger partial charge in [-0.05, 0) is 20.8 Å². The molecule has 0 aliphatic carbocycles. The summed E-state index contributed by atoms with van der Waals surface area (Å²) in [5, 5.41) is 0. The lowest BCUT2D eigenvalue weighted by Crippen LogP contribution is -2.23. The Morgan fingerprint density at radius 1 is 1.64 bits per heavy atom. The lowest BCUT2D eigenvalue weighted by Gasteiger charge is -2.16. The number of hydrogen-bond donors (Lipinski definition) is 0. The third-order valence-corrected chi connectivity index (χ3v) is 3.00. The van der Waals surface area contributed by atoms with E-state index in [2.05, 4.69) is 18.7 Å². The third kappa shape index (κ3) is 1.99. The largest absolute Gasteiger partial charge is 0.358 e. The fourth-order valence-corrected chi connectivity index (χ4v) is 2.00. The van der Waals surface area contributed by atoms with E-state index in [-0.39, 0.29) is 5.78 Å². The standard InChI is InChI=1S/C8H13NOS/c1-6(10)4-9-5-11-8(3)7(9)2/h4-5H2,1-3H3. The molecule has 0 aromatic rings. The lowest BCUT2D eigenvalue weighted by molar-refractivity contribution is -0.117. The number of nitrogens with zero attached hydrogens (tertiary/aromatic N) is 1. The smallest absolute Gasteiger partial charge is 0.149 e. The van der Waals surface area contributed by atoms with E-state index in [0.29, 0.717) is 6.54 Å². The van der Waals surface area contributed by atoms with Crippen molar-refractivity contribution in [3.8, 4) is 0 Å². The Kier molecular flexibility index (Phi) is 2.60. The maximum Gasteiger partial charge on any atom is 0.149 e. The van der Waals surface area contributed by atoms with Crippen LogP contribution >= 0.6 is 11.8 Å². The molecular formula is C8H13NOS. The molecule has 0 aromatic carbocycles. The van der Waals surface area contributed by atoms with E-state index >= 15 is 0 Å². The van der Waals surface area contributed by atoms with Crippen molar-refractivity contribution in [1.29, 1.82) is 0 Å². The predicted molar refractivity (Wildman–Crippen MR) is 48.2 cm³/mol. The average Bonchev–Trinajstić information content (AvgIpc) is 2.18. The van der Waals surface area contributed by atoms with Gasteiger partial charge in [-0.2, -0.15) is 0 Å². The van der Waals surface area contributed by atoms with Crippen molar-refractivity contribution in [3.63, 3.8) is 0 Å². The van der Waals surface area contributed by atoms with E-state index in [1.165, 1.54) is 10.6 Å². The lowest BCUT2D eigenvalue weighted by atomic mass is 10.3. The van der Waals surface area contributed by atoms with Crippen LogP contribution in [0.3, 0.4) is 0 Å². The summed E-state index contributed by atoms with van der Waals surface area (Å²) in [4.78, 5) is 14.2. The second-order valence-electron chi connectivity index (χ2n) is 2.81. The SMILES string of the molecule is CC(=O)CN1CSC(C)=C1C. The van der Waals surface area contributed by atoms with Crippen LogP contribution < -0.4 is 0 Å². The van der Waals surface area contributed by atoms with Crippen LogP contribution in [0.1, 0.15) is 20.8 Å². The molecule has 0 atom stereocenters. The van der Waals surface area contributed by atoms with Crippen LogP contribution in [-0.2, 0) is 4.79 Å². The second kappa shape index (κ2) is 3.30. The summed E-state index contributed by atoms with van der Waals surface area (Å²) in [5.74, 6) is 1.18. The van der Waals surface area contributed by atoms with Crippen LogP contribution in [0.2, 0.25) is 0 Å². The fraction of sp³-hybridized carbons (Fsp3) is 0.625. The van der Waals surface area contributed by atoms with Gasteiger partial charge in [0, 0.05) is 10.6 Å². The van der Waals surface area contributed by atoms with Gasteiger partial charge in [0.1, 0.15) is 5.78 Å². The van der Waals surface area contributed by atoms with Gasteiger partial charge >= 0.3 is 0 Å². The minimum absolute atomic E-state index is 0.236. The molecule has 0 saturated heterocycles. The van der Waals surface area contributed by atoms with Crippen molar-refractivity contribution < 1.29 is 4.79 Å². The number of allylic oxidation sites excluding steroid dienone is 2. The van der Waals surface area contributed by atoms with Gasteiger partial charge < -0.3 is 4.90 Å². The summed E-state index contributed by atoms with van der Waals surface area (Å²) in [6.45, 7) is 6.36. The summed E-state index contributed by atoms with van der Waals surface area (Å²) in [5.41, 5.74) is 1.25. The summed E-state index contributed by atoms with van der Waals surface area (Å²) < 4.78 is 0. The summed E-state index contributed by atoms with van der Waals surface area (Å²) in [7, 11) is 0. The van der Waals surface area contributed by atoms with Gasteiger partial charge in [-0.15, -0.1) is 11.8 Å². The number of carbonyl (C=O) groups excluding carboxylic acids is 1. The minimum Gasteiger partial charge on any atom is -0.358 e. The number of ketones is 1. The van der Waals surface area contributed by atoms with Crippen molar-refractivity contribution in [2.45, 2.75) is 20.8 Å². The first-order chi connectivity index (χ1) is 5.11. The summed E-state index contributed by atoms with van der Waals surface area (Å²) in [6, 6.07) is 0. The molecule has 1 heterocycles. The van der Waals surface area contributed by atoms with Gasteiger partial charge in [-0.25, -0.2) is 0 Å². The molecule has 3 heteroatoms. The van der Waals surface area contributed by atoms with Crippen LogP contribution in [0.5, 0.6) is 0 Å². The molecule has 1 rings (SSSR count). The molecule has 1 aliphatic heterocycles. The normalized spacial score (nSPS) is 17.9. The van der Waals surface area contributed by atoms with E-state index in [0.717, 1.165) is 5.88 Å². The zero-order chi connectivity index (χ0) is 8.43. The second-order valence-corrected chi connectivity index (χ2v) is 3.97. The number of carbonyl (C=O) groups is 1. The Morgan fingerprint density at radius 2 is 2.27 bits per heavy atom. The van der Waals surface area contributed by atoms with Crippen molar-refractivity contribution >= 4 is 17.5 Å². The van der Waals surface area contributed by atoms with Crippen LogP contribution in [0.25, 0.3) is 0 Å². The first-order valence-electron chi connectivity index (χ1n) is 3.66. The van der Waals surface area contributed by atoms with Gasteiger partial charge in [0.05, 0.1) is 12.4 Å². The Labute approximate surface area is 71.6 Å². The zero-order valence-corrected chi connectivity index (χ0v) is 7.99. The molecule has 0 fully saturated rings. The highest BCUT2D eigenvalue weighted by Gasteiger charge is 2.16. The maximum absolute atomic E-state index is 10.8. The number of thioether (sulfide) groups is 1. The van der Waals surface area contributed by atoms with Crippen molar-refractivity contribution in [2.24, 2.45) is 0 Å². The van der Waals surface area contributed by atoms with Gasteiger partial charge in [-0.1, -0.05) is 0 Å². The molecule has 0 aromatic heterocycles. The van der Waals surface area contributed by atoms with Gasteiger partial charge in [0.25, 0.3) is 0 Å². The molecule has 1 aliphatic rings. The van der Waals surface area contributed by atoms with Gasteiger partial charge in [-0.3, -0.25) is 4.79 Å². The average molecular weight is 171 g/mol. The zero-order valence-electron chi connectivity index (χ0n) is 7.18. The van der Waals surface area contributed by atoms with Gasteiger partial charge in [0.15, 0.2) is 0 Å². The monoisotopic (exact) mass is 171 g/mol. The van der Waals surface area contributed by atoms with Crippen molar-refractivity contribution in [1.82, 2.24) is 4.90 Å². The van der Waals surface area contributed by atoms with Gasteiger partial charge in [0.2, 0.25) is 0 Å². The fourth-order valence-electron chi connectivity index (χ4n) is 1.03. The number of rotatable bonds is 2. The Balaban J connectivity index is 2.57.